The van der Waals surface area contributed by atoms with Crippen molar-refractivity contribution in [2.24, 2.45) is 5.92 Å². The van der Waals surface area contributed by atoms with Gasteiger partial charge in [-0.1, -0.05) is 37.0 Å². The molecule has 0 heterocycles. The third-order valence-corrected chi connectivity index (χ3v) is 4.54. The van der Waals surface area contributed by atoms with Crippen molar-refractivity contribution in [1.82, 2.24) is 5.32 Å². The van der Waals surface area contributed by atoms with E-state index in [2.05, 4.69) is 45.3 Å². The molecule has 1 aromatic carbocycles. The van der Waals surface area contributed by atoms with Crippen molar-refractivity contribution in [3.63, 3.8) is 0 Å². The smallest absolute Gasteiger partial charge is 0.0107 e. The zero-order valence-corrected chi connectivity index (χ0v) is 12.3. The molecule has 1 N–H and O–H groups in total. The van der Waals surface area contributed by atoms with Gasteiger partial charge < -0.3 is 5.32 Å². The minimum Gasteiger partial charge on any atom is -0.317 e. The Morgan fingerprint density at radius 1 is 1.17 bits per heavy atom. The predicted molar refractivity (Wildman–Crippen MR) is 79.2 cm³/mol. The molecule has 1 aliphatic carbocycles. The normalized spacial score (nSPS) is 17.6. The quantitative estimate of drug-likeness (QED) is 0.828. The highest BCUT2D eigenvalue weighted by Crippen LogP contribution is 2.31. The van der Waals surface area contributed by atoms with Crippen molar-refractivity contribution in [3.8, 4) is 0 Å². The summed E-state index contributed by atoms with van der Waals surface area (Å²) in [6.45, 7) is 6.70. The minimum absolute atomic E-state index is 0.649. The first-order valence-corrected chi connectivity index (χ1v) is 7.34. The highest BCUT2D eigenvalue weighted by molar-refractivity contribution is 5.38. The molecular formula is C17H27N. The lowest BCUT2D eigenvalue weighted by molar-refractivity contribution is 0.263. The molecule has 0 aliphatic heterocycles. The summed E-state index contributed by atoms with van der Waals surface area (Å²) in [4.78, 5) is 0. The van der Waals surface area contributed by atoms with E-state index in [-0.39, 0.29) is 0 Å². The standard InChI is InChI=1S/C17H27N/c1-12-8-13(2)17(14(3)9-12)11-16(18-4)10-15-6-5-7-15/h8-9,15-16,18H,5-7,10-11H2,1-4H3. The number of hydrogen-bond acceptors (Lipinski definition) is 1. The molecule has 0 aromatic heterocycles. The fraction of sp³-hybridized carbons (Fsp3) is 0.647. The molecule has 1 atom stereocenters. The first-order chi connectivity index (χ1) is 8.60. The lowest BCUT2D eigenvalue weighted by Gasteiger charge is -2.30. The second-order valence-electron chi connectivity index (χ2n) is 6.10. The Bertz CT molecular complexity index is 381. The molecule has 0 radical (unpaired) electrons. The van der Waals surface area contributed by atoms with Crippen LogP contribution in [0.15, 0.2) is 12.1 Å². The molecule has 2 rings (SSSR count). The number of rotatable bonds is 5. The summed E-state index contributed by atoms with van der Waals surface area (Å²) < 4.78 is 0. The summed E-state index contributed by atoms with van der Waals surface area (Å²) in [5.74, 6) is 0.980. The number of nitrogens with one attached hydrogen (secondary N) is 1. The van der Waals surface area contributed by atoms with Crippen LogP contribution in [-0.2, 0) is 6.42 Å². The van der Waals surface area contributed by atoms with Gasteiger partial charge in [-0.2, -0.15) is 0 Å². The fourth-order valence-corrected chi connectivity index (χ4v) is 3.21. The van der Waals surface area contributed by atoms with E-state index < -0.39 is 0 Å². The lowest BCUT2D eigenvalue weighted by atomic mass is 9.79. The lowest BCUT2D eigenvalue weighted by Crippen LogP contribution is -2.32. The summed E-state index contributed by atoms with van der Waals surface area (Å²) in [6, 6.07) is 5.28. The van der Waals surface area contributed by atoms with Crippen molar-refractivity contribution in [2.45, 2.75) is 58.9 Å². The van der Waals surface area contributed by atoms with Crippen molar-refractivity contribution < 1.29 is 0 Å². The predicted octanol–water partition coefficient (Wildman–Crippen LogP) is 3.93. The Kier molecular flexibility index (Phi) is 4.45. The average molecular weight is 245 g/mol. The molecule has 1 heteroatoms. The Balaban J connectivity index is 2.06. The molecule has 0 spiro atoms. The maximum absolute atomic E-state index is 3.52. The van der Waals surface area contributed by atoms with Gasteiger partial charge in [0.1, 0.15) is 0 Å². The van der Waals surface area contributed by atoms with Crippen LogP contribution < -0.4 is 5.32 Å². The van der Waals surface area contributed by atoms with Gasteiger partial charge in [-0.3, -0.25) is 0 Å². The van der Waals surface area contributed by atoms with E-state index in [0.717, 1.165) is 5.92 Å². The van der Waals surface area contributed by atoms with Crippen molar-refractivity contribution in [3.05, 3.63) is 34.4 Å². The summed E-state index contributed by atoms with van der Waals surface area (Å²) in [5, 5.41) is 3.52. The second-order valence-corrected chi connectivity index (χ2v) is 6.10. The Morgan fingerprint density at radius 3 is 2.22 bits per heavy atom. The van der Waals surface area contributed by atoms with Gasteiger partial charge in [-0.05, 0) is 63.3 Å². The van der Waals surface area contributed by atoms with Gasteiger partial charge in [-0.25, -0.2) is 0 Å². The van der Waals surface area contributed by atoms with E-state index in [9.17, 15) is 0 Å². The maximum Gasteiger partial charge on any atom is 0.0107 e. The van der Waals surface area contributed by atoms with Crippen molar-refractivity contribution >= 4 is 0 Å². The molecule has 1 fully saturated rings. The zero-order chi connectivity index (χ0) is 13.1. The van der Waals surface area contributed by atoms with Crippen LogP contribution in [-0.4, -0.2) is 13.1 Å². The van der Waals surface area contributed by atoms with E-state index in [1.807, 2.05) is 0 Å². The van der Waals surface area contributed by atoms with E-state index in [4.69, 9.17) is 0 Å². The van der Waals surface area contributed by atoms with Gasteiger partial charge in [0.05, 0.1) is 0 Å². The average Bonchev–Trinajstić information content (AvgIpc) is 2.24. The number of aryl methyl sites for hydroxylation is 3. The van der Waals surface area contributed by atoms with Crippen molar-refractivity contribution in [2.75, 3.05) is 7.05 Å². The molecular weight excluding hydrogens is 218 g/mol. The molecule has 0 amide bonds. The van der Waals surface area contributed by atoms with Crippen LogP contribution in [0.1, 0.15) is 47.9 Å². The molecule has 1 unspecified atom stereocenters. The molecule has 1 saturated carbocycles. The van der Waals surface area contributed by atoms with E-state index in [0.29, 0.717) is 6.04 Å². The molecule has 1 aromatic rings. The molecule has 100 valence electrons. The Morgan fingerprint density at radius 2 is 1.78 bits per heavy atom. The summed E-state index contributed by atoms with van der Waals surface area (Å²) in [7, 11) is 2.11. The first-order valence-electron chi connectivity index (χ1n) is 7.34. The maximum atomic E-state index is 3.52. The van der Waals surface area contributed by atoms with Crippen LogP contribution in [0.3, 0.4) is 0 Å². The second kappa shape index (κ2) is 5.88. The van der Waals surface area contributed by atoms with Gasteiger partial charge in [0.2, 0.25) is 0 Å². The van der Waals surface area contributed by atoms with Gasteiger partial charge in [-0.15, -0.1) is 0 Å². The van der Waals surface area contributed by atoms with Crippen LogP contribution in [0, 0.1) is 26.7 Å². The summed E-state index contributed by atoms with van der Waals surface area (Å²) in [6.07, 6.45) is 6.88. The topological polar surface area (TPSA) is 12.0 Å². The number of hydrogen-bond donors (Lipinski definition) is 1. The third kappa shape index (κ3) is 3.14. The van der Waals surface area contributed by atoms with Gasteiger partial charge in [0.25, 0.3) is 0 Å². The molecule has 0 bridgehead atoms. The monoisotopic (exact) mass is 245 g/mol. The van der Waals surface area contributed by atoms with Crippen LogP contribution in [0.25, 0.3) is 0 Å². The van der Waals surface area contributed by atoms with E-state index in [1.54, 1.807) is 5.56 Å². The summed E-state index contributed by atoms with van der Waals surface area (Å²) >= 11 is 0. The van der Waals surface area contributed by atoms with Crippen LogP contribution in [0.5, 0.6) is 0 Å². The SMILES string of the molecule is CNC(Cc1c(C)cc(C)cc1C)CC1CCC1. The minimum atomic E-state index is 0.649. The number of benzene rings is 1. The van der Waals surface area contributed by atoms with Crippen molar-refractivity contribution in [1.29, 1.82) is 0 Å². The molecule has 1 nitrogen and oxygen atoms in total. The van der Waals surface area contributed by atoms with E-state index in [1.165, 1.54) is 48.8 Å². The van der Waals surface area contributed by atoms with Gasteiger partial charge in [0, 0.05) is 6.04 Å². The van der Waals surface area contributed by atoms with E-state index >= 15 is 0 Å². The van der Waals surface area contributed by atoms with Gasteiger partial charge >= 0.3 is 0 Å². The molecule has 0 saturated heterocycles. The Labute approximate surface area is 112 Å². The fourth-order valence-electron chi connectivity index (χ4n) is 3.21. The van der Waals surface area contributed by atoms with Crippen LogP contribution in [0.4, 0.5) is 0 Å². The van der Waals surface area contributed by atoms with Gasteiger partial charge in [0.15, 0.2) is 0 Å². The Hall–Kier alpha value is -0.820. The largest absolute Gasteiger partial charge is 0.317 e. The zero-order valence-electron chi connectivity index (χ0n) is 12.3. The highest BCUT2D eigenvalue weighted by Gasteiger charge is 2.22. The highest BCUT2D eigenvalue weighted by atomic mass is 14.9. The molecule has 1 aliphatic rings. The molecule has 18 heavy (non-hydrogen) atoms. The number of likely N-dealkylation sites (N-methyl/N-ethyl adjacent to an activating group) is 1. The summed E-state index contributed by atoms with van der Waals surface area (Å²) in [5.41, 5.74) is 5.86. The van der Waals surface area contributed by atoms with Crippen LogP contribution >= 0.6 is 0 Å². The van der Waals surface area contributed by atoms with Crippen LogP contribution in [0.2, 0.25) is 0 Å². The third-order valence-electron chi connectivity index (χ3n) is 4.54. The first kappa shape index (κ1) is 13.6.